The number of carbonyl (C=O) groups excluding carboxylic acids is 1. The highest BCUT2D eigenvalue weighted by Crippen LogP contribution is 2.17. The van der Waals surface area contributed by atoms with Gasteiger partial charge in [0.25, 0.3) is 0 Å². The maximum absolute atomic E-state index is 11.2. The van der Waals surface area contributed by atoms with Gasteiger partial charge in [0.15, 0.2) is 0 Å². The first-order valence-corrected chi connectivity index (χ1v) is 6.95. The van der Waals surface area contributed by atoms with Crippen LogP contribution in [0.15, 0.2) is 0 Å². The predicted octanol–water partition coefficient (Wildman–Crippen LogP) is -0.296. The van der Waals surface area contributed by atoms with Crippen LogP contribution in [-0.4, -0.2) is 46.5 Å². The minimum Gasteiger partial charge on any atom is -0.368 e. The van der Waals surface area contributed by atoms with E-state index in [1.165, 1.54) is 0 Å². The molecule has 1 aromatic rings. The quantitative estimate of drug-likeness (QED) is 0.441. The molecule has 1 aromatic heterocycles. The summed E-state index contributed by atoms with van der Waals surface area (Å²) in [5, 5.41) is 0. The first-order valence-electron chi connectivity index (χ1n) is 6.95. The molecule has 0 aliphatic heterocycles. The van der Waals surface area contributed by atoms with Gasteiger partial charge >= 0.3 is 0 Å². The second kappa shape index (κ2) is 7.58. The summed E-state index contributed by atoms with van der Waals surface area (Å²) in [6, 6.07) is 0.00933. The number of anilines is 3. The van der Waals surface area contributed by atoms with Crippen molar-refractivity contribution in [2.45, 2.75) is 33.7 Å². The number of amides is 1. The number of nitrogens with zero attached hydrogens (tertiary/aromatic N) is 5. The van der Waals surface area contributed by atoms with E-state index in [2.05, 4.69) is 20.4 Å². The number of primary amides is 1. The lowest BCUT2D eigenvalue weighted by atomic mass is 10.3. The van der Waals surface area contributed by atoms with Crippen molar-refractivity contribution in [3.63, 3.8) is 0 Å². The second-order valence-electron chi connectivity index (χ2n) is 4.76. The summed E-state index contributed by atoms with van der Waals surface area (Å²) in [4.78, 5) is 27.8. The molecule has 0 saturated heterocycles. The van der Waals surface area contributed by atoms with Gasteiger partial charge in [-0.2, -0.15) is 15.0 Å². The van der Waals surface area contributed by atoms with Crippen LogP contribution in [0.3, 0.4) is 0 Å². The molecule has 0 fully saturated rings. The normalized spacial score (nSPS) is 10.6. The molecule has 9 nitrogen and oxygen atoms in total. The highest BCUT2D eigenvalue weighted by molar-refractivity contribution is 5.79. The van der Waals surface area contributed by atoms with Gasteiger partial charge in [0, 0.05) is 19.1 Å². The average Bonchev–Trinajstić information content (AvgIpc) is 2.45. The van der Waals surface area contributed by atoms with Crippen LogP contribution in [-0.2, 0) is 4.79 Å². The third kappa shape index (κ3) is 4.42. The van der Waals surface area contributed by atoms with E-state index in [0.717, 1.165) is 13.1 Å². The topological polar surface area (TPSA) is 126 Å². The van der Waals surface area contributed by atoms with Gasteiger partial charge in [-0.15, -0.1) is 0 Å². The average molecular weight is 296 g/mol. The van der Waals surface area contributed by atoms with Crippen molar-refractivity contribution in [2.24, 2.45) is 11.6 Å². The van der Waals surface area contributed by atoms with E-state index < -0.39 is 5.91 Å². The third-order valence-electron chi connectivity index (χ3n) is 2.99. The molecule has 1 amide bonds. The largest absolute Gasteiger partial charge is 0.368 e. The van der Waals surface area contributed by atoms with E-state index in [1.807, 2.05) is 32.6 Å². The Morgan fingerprint density at radius 2 is 1.76 bits per heavy atom. The lowest BCUT2D eigenvalue weighted by Gasteiger charge is -2.27. The van der Waals surface area contributed by atoms with Crippen LogP contribution in [0.5, 0.6) is 0 Å². The number of hydrazine groups is 1. The highest BCUT2D eigenvalue weighted by atomic mass is 16.1. The Bertz CT molecular complexity index is 474. The molecule has 0 aromatic carbocycles. The van der Waals surface area contributed by atoms with Crippen LogP contribution in [0.1, 0.15) is 27.7 Å². The zero-order valence-electron chi connectivity index (χ0n) is 13.0. The van der Waals surface area contributed by atoms with Crippen molar-refractivity contribution in [2.75, 3.05) is 34.9 Å². The molecule has 21 heavy (non-hydrogen) atoms. The van der Waals surface area contributed by atoms with Crippen LogP contribution >= 0.6 is 0 Å². The highest BCUT2D eigenvalue weighted by Gasteiger charge is 2.19. The molecule has 0 radical (unpaired) electrons. The molecular weight excluding hydrogens is 272 g/mol. The minimum atomic E-state index is -0.448. The predicted molar refractivity (Wildman–Crippen MR) is 82.9 cm³/mol. The molecule has 118 valence electrons. The maximum Gasteiger partial charge on any atom is 0.243 e. The molecule has 0 spiro atoms. The maximum atomic E-state index is 11.2. The second-order valence-corrected chi connectivity index (χ2v) is 4.76. The van der Waals surface area contributed by atoms with Gasteiger partial charge in [-0.3, -0.25) is 10.2 Å². The molecule has 0 aliphatic rings. The summed E-state index contributed by atoms with van der Waals surface area (Å²) >= 11 is 0. The summed E-state index contributed by atoms with van der Waals surface area (Å²) in [5.41, 5.74) is 7.71. The number of aromatic nitrogens is 3. The van der Waals surface area contributed by atoms with Gasteiger partial charge < -0.3 is 15.5 Å². The smallest absolute Gasteiger partial charge is 0.243 e. The molecule has 0 saturated carbocycles. The number of nitrogen functional groups attached to an aromatic ring is 1. The molecular formula is C12H24N8O. The van der Waals surface area contributed by atoms with E-state index >= 15 is 0 Å². The van der Waals surface area contributed by atoms with Crippen molar-refractivity contribution >= 4 is 23.8 Å². The third-order valence-corrected chi connectivity index (χ3v) is 2.99. The fraction of sp³-hybridized carbons (Fsp3) is 0.667. The van der Waals surface area contributed by atoms with Crippen molar-refractivity contribution < 1.29 is 4.79 Å². The van der Waals surface area contributed by atoms with Crippen LogP contribution in [0, 0.1) is 0 Å². The number of nitrogens with two attached hydrogens (primary N) is 2. The van der Waals surface area contributed by atoms with E-state index in [4.69, 9.17) is 11.6 Å². The molecule has 9 heteroatoms. The molecule has 0 atom stereocenters. The zero-order chi connectivity index (χ0) is 16.0. The molecule has 0 aliphatic carbocycles. The van der Waals surface area contributed by atoms with Crippen molar-refractivity contribution in [3.8, 4) is 0 Å². The summed E-state index contributed by atoms with van der Waals surface area (Å²) in [6.45, 7) is 9.41. The van der Waals surface area contributed by atoms with Gasteiger partial charge in [0.05, 0.1) is 6.54 Å². The number of rotatable bonds is 8. The lowest BCUT2D eigenvalue weighted by molar-refractivity contribution is -0.116. The van der Waals surface area contributed by atoms with Crippen molar-refractivity contribution in [1.29, 1.82) is 0 Å². The van der Waals surface area contributed by atoms with Crippen molar-refractivity contribution in [1.82, 2.24) is 15.0 Å². The number of nitrogens with one attached hydrogen (secondary N) is 1. The Kier molecular flexibility index (Phi) is 6.10. The monoisotopic (exact) mass is 296 g/mol. The summed E-state index contributed by atoms with van der Waals surface area (Å²) in [7, 11) is 0. The van der Waals surface area contributed by atoms with Crippen LogP contribution in [0.4, 0.5) is 17.8 Å². The Morgan fingerprint density at radius 3 is 2.19 bits per heavy atom. The van der Waals surface area contributed by atoms with Crippen LogP contribution < -0.4 is 26.8 Å². The first-order chi connectivity index (χ1) is 9.92. The number of carbonyl (C=O) groups is 1. The van der Waals surface area contributed by atoms with E-state index in [9.17, 15) is 4.79 Å². The van der Waals surface area contributed by atoms with E-state index in [-0.39, 0.29) is 18.5 Å². The fourth-order valence-corrected chi connectivity index (χ4v) is 1.85. The van der Waals surface area contributed by atoms with Gasteiger partial charge in [0.1, 0.15) is 0 Å². The molecule has 5 N–H and O–H groups in total. The first kappa shape index (κ1) is 16.9. The Balaban J connectivity index is 3.25. The Hall–Kier alpha value is -2.16. The summed E-state index contributed by atoms with van der Waals surface area (Å²) in [5.74, 6) is 6.09. The van der Waals surface area contributed by atoms with Gasteiger partial charge in [0.2, 0.25) is 23.8 Å². The lowest BCUT2D eigenvalue weighted by Crippen LogP contribution is -2.40. The fourth-order valence-electron chi connectivity index (χ4n) is 1.85. The van der Waals surface area contributed by atoms with Gasteiger partial charge in [-0.1, -0.05) is 0 Å². The molecule has 0 bridgehead atoms. The standard InChI is InChI=1S/C12H24N8O/c1-5-19(6-2)11-15-10(18-14)16-12(17-11)20(8(3)4)7-9(13)21/h8H,5-7,14H2,1-4H3,(H2,13,21)(H,15,16,17,18). The number of hydrogen-bond donors (Lipinski definition) is 3. The van der Waals surface area contributed by atoms with Crippen molar-refractivity contribution in [3.05, 3.63) is 0 Å². The Labute approximate surface area is 124 Å². The van der Waals surface area contributed by atoms with Crippen LogP contribution in [0.25, 0.3) is 0 Å². The zero-order valence-corrected chi connectivity index (χ0v) is 13.0. The van der Waals surface area contributed by atoms with E-state index in [0.29, 0.717) is 11.9 Å². The SMILES string of the molecule is CCN(CC)c1nc(NN)nc(N(CC(N)=O)C(C)C)n1. The summed E-state index contributed by atoms with van der Waals surface area (Å²) in [6.07, 6.45) is 0. The minimum absolute atomic E-state index is 0.00933. The Morgan fingerprint density at radius 1 is 1.19 bits per heavy atom. The van der Waals surface area contributed by atoms with Crippen LogP contribution in [0.2, 0.25) is 0 Å². The number of hydrogen-bond acceptors (Lipinski definition) is 8. The van der Waals surface area contributed by atoms with E-state index in [1.54, 1.807) is 4.90 Å². The van der Waals surface area contributed by atoms with Gasteiger partial charge in [-0.05, 0) is 27.7 Å². The summed E-state index contributed by atoms with van der Waals surface area (Å²) < 4.78 is 0. The molecule has 1 heterocycles. The molecule has 0 unspecified atom stereocenters. The van der Waals surface area contributed by atoms with Gasteiger partial charge in [-0.25, -0.2) is 5.84 Å². The molecule has 1 rings (SSSR count).